The predicted molar refractivity (Wildman–Crippen MR) is 73.0 cm³/mol. The highest BCUT2D eigenvalue weighted by molar-refractivity contribution is 5.05. The van der Waals surface area contributed by atoms with Gasteiger partial charge in [-0.1, -0.05) is 13.3 Å². The molecule has 4 aliphatic carbocycles. The lowest BCUT2D eigenvalue weighted by Gasteiger charge is -2.59. The van der Waals surface area contributed by atoms with Gasteiger partial charge in [0.15, 0.2) is 0 Å². The van der Waals surface area contributed by atoms with Crippen LogP contribution in [-0.2, 0) is 0 Å². The highest BCUT2D eigenvalue weighted by atomic mass is 14.9. The Balaban J connectivity index is 1.64. The van der Waals surface area contributed by atoms with E-state index in [1.807, 2.05) is 0 Å². The summed E-state index contributed by atoms with van der Waals surface area (Å²) in [5.41, 5.74) is 0.697. The molecule has 0 saturated heterocycles. The summed E-state index contributed by atoms with van der Waals surface area (Å²) in [4.78, 5) is 0. The maximum atomic E-state index is 3.84. The van der Waals surface area contributed by atoms with Crippen molar-refractivity contribution in [2.24, 2.45) is 23.2 Å². The average Bonchev–Trinajstić information content (AvgIpc) is 2.27. The first-order chi connectivity index (χ1) is 8.22. The van der Waals surface area contributed by atoms with E-state index in [2.05, 4.69) is 19.2 Å². The Morgan fingerprint density at radius 3 is 2.06 bits per heavy atom. The Labute approximate surface area is 107 Å². The van der Waals surface area contributed by atoms with Crippen LogP contribution in [0.5, 0.6) is 0 Å². The summed E-state index contributed by atoms with van der Waals surface area (Å²) >= 11 is 0. The van der Waals surface area contributed by atoms with E-state index >= 15 is 0 Å². The van der Waals surface area contributed by atoms with Crippen LogP contribution in [0.25, 0.3) is 0 Å². The molecule has 0 amide bonds. The molecule has 0 aromatic rings. The predicted octanol–water partition coefficient (Wildman–Crippen LogP) is 3.98. The molecule has 4 fully saturated rings. The maximum absolute atomic E-state index is 3.84. The Hall–Kier alpha value is -0.0400. The van der Waals surface area contributed by atoms with Crippen LogP contribution in [0.1, 0.15) is 65.2 Å². The Morgan fingerprint density at radius 1 is 1.06 bits per heavy atom. The molecule has 0 spiro atoms. The summed E-state index contributed by atoms with van der Waals surface area (Å²) in [6.45, 7) is 6.00. The van der Waals surface area contributed by atoms with E-state index in [4.69, 9.17) is 0 Å². The SMILES string of the molecule is CCCCNC(C)C12CC3CC(CC(C3)C1)C2. The van der Waals surface area contributed by atoms with Crippen molar-refractivity contribution in [3.63, 3.8) is 0 Å². The number of hydrogen-bond acceptors (Lipinski definition) is 1. The van der Waals surface area contributed by atoms with Gasteiger partial charge in [-0.25, -0.2) is 0 Å². The quantitative estimate of drug-likeness (QED) is 0.711. The Kier molecular flexibility index (Phi) is 3.23. The molecular weight excluding hydrogens is 206 g/mol. The highest BCUT2D eigenvalue weighted by Crippen LogP contribution is 2.61. The normalized spacial score (nSPS) is 45.2. The van der Waals surface area contributed by atoms with Gasteiger partial charge in [-0.15, -0.1) is 0 Å². The van der Waals surface area contributed by atoms with Gasteiger partial charge >= 0.3 is 0 Å². The summed E-state index contributed by atoms with van der Waals surface area (Å²) in [5, 5.41) is 3.84. The van der Waals surface area contributed by atoms with Gasteiger partial charge in [-0.3, -0.25) is 0 Å². The molecule has 4 rings (SSSR count). The van der Waals surface area contributed by atoms with E-state index in [0.717, 1.165) is 23.8 Å². The van der Waals surface area contributed by atoms with E-state index in [0.29, 0.717) is 5.41 Å². The zero-order valence-electron chi connectivity index (χ0n) is 11.7. The van der Waals surface area contributed by atoms with Gasteiger partial charge in [-0.2, -0.15) is 0 Å². The van der Waals surface area contributed by atoms with Crippen LogP contribution in [0, 0.1) is 23.2 Å². The first-order valence-electron chi connectivity index (χ1n) is 7.95. The smallest absolute Gasteiger partial charge is 0.00954 e. The van der Waals surface area contributed by atoms with Crippen LogP contribution < -0.4 is 5.32 Å². The van der Waals surface area contributed by atoms with Crippen molar-refractivity contribution in [2.75, 3.05) is 6.54 Å². The van der Waals surface area contributed by atoms with Crippen LogP contribution in [0.2, 0.25) is 0 Å². The summed E-state index contributed by atoms with van der Waals surface area (Å²) in [5.74, 6) is 3.28. The highest BCUT2D eigenvalue weighted by Gasteiger charge is 2.52. The molecule has 1 nitrogen and oxygen atoms in total. The molecule has 1 heteroatoms. The van der Waals surface area contributed by atoms with Gasteiger partial charge in [0, 0.05) is 6.04 Å². The summed E-state index contributed by atoms with van der Waals surface area (Å²) in [7, 11) is 0. The standard InChI is InChI=1S/C16H29N/c1-3-4-5-17-12(2)16-9-13-6-14(10-16)8-15(7-13)11-16/h12-15,17H,3-11H2,1-2H3. The van der Waals surface area contributed by atoms with Crippen molar-refractivity contribution < 1.29 is 0 Å². The monoisotopic (exact) mass is 235 g/mol. The second-order valence-electron chi connectivity index (χ2n) is 7.31. The number of rotatable bonds is 5. The van der Waals surface area contributed by atoms with Crippen molar-refractivity contribution in [1.82, 2.24) is 5.32 Å². The molecule has 0 aromatic carbocycles. The van der Waals surface area contributed by atoms with Gasteiger partial charge in [0.2, 0.25) is 0 Å². The van der Waals surface area contributed by atoms with Crippen molar-refractivity contribution >= 4 is 0 Å². The Bertz CT molecular complexity index is 235. The molecule has 0 aromatic heterocycles. The Morgan fingerprint density at radius 2 is 1.59 bits per heavy atom. The average molecular weight is 235 g/mol. The van der Waals surface area contributed by atoms with Crippen LogP contribution in [0.3, 0.4) is 0 Å². The number of hydrogen-bond donors (Lipinski definition) is 1. The zero-order valence-corrected chi connectivity index (χ0v) is 11.7. The fraction of sp³-hybridized carbons (Fsp3) is 1.00. The molecule has 1 unspecified atom stereocenters. The third kappa shape index (κ3) is 2.16. The maximum Gasteiger partial charge on any atom is 0.00954 e. The van der Waals surface area contributed by atoms with Crippen LogP contribution in [0.4, 0.5) is 0 Å². The second-order valence-corrected chi connectivity index (χ2v) is 7.31. The molecule has 1 N–H and O–H groups in total. The molecule has 98 valence electrons. The minimum absolute atomic E-state index is 0.697. The van der Waals surface area contributed by atoms with Crippen molar-refractivity contribution in [2.45, 2.75) is 71.3 Å². The molecule has 4 bridgehead atoms. The molecule has 0 radical (unpaired) electrons. The first-order valence-corrected chi connectivity index (χ1v) is 7.95. The van der Waals surface area contributed by atoms with E-state index in [1.54, 1.807) is 38.5 Å². The molecular formula is C16H29N. The summed E-state index contributed by atoms with van der Waals surface area (Å²) < 4.78 is 0. The third-order valence-corrected chi connectivity index (χ3v) is 5.99. The van der Waals surface area contributed by atoms with Crippen molar-refractivity contribution in [3.05, 3.63) is 0 Å². The molecule has 4 saturated carbocycles. The lowest BCUT2D eigenvalue weighted by atomic mass is 9.48. The van der Waals surface area contributed by atoms with E-state index < -0.39 is 0 Å². The van der Waals surface area contributed by atoms with E-state index in [1.165, 1.54) is 19.4 Å². The topological polar surface area (TPSA) is 12.0 Å². The van der Waals surface area contributed by atoms with Gasteiger partial charge < -0.3 is 5.32 Å². The lowest BCUT2D eigenvalue weighted by Crippen LogP contribution is -2.54. The van der Waals surface area contributed by atoms with Crippen LogP contribution in [-0.4, -0.2) is 12.6 Å². The molecule has 0 aliphatic heterocycles. The van der Waals surface area contributed by atoms with E-state index in [9.17, 15) is 0 Å². The first kappa shape index (κ1) is 12.0. The van der Waals surface area contributed by atoms with Crippen LogP contribution >= 0.6 is 0 Å². The fourth-order valence-electron chi connectivity index (χ4n) is 5.42. The van der Waals surface area contributed by atoms with Gasteiger partial charge in [0.25, 0.3) is 0 Å². The minimum Gasteiger partial charge on any atom is -0.314 e. The van der Waals surface area contributed by atoms with Crippen molar-refractivity contribution in [1.29, 1.82) is 0 Å². The second kappa shape index (κ2) is 4.57. The van der Waals surface area contributed by atoms with Crippen molar-refractivity contribution in [3.8, 4) is 0 Å². The van der Waals surface area contributed by atoms with Gasteiger partial charge in [0.05, 0.1) is 0 Å². The summed E-state index contributed by atoms with van der Waals surface area (Å²) in [6, 6.07) is 0.766. The summed E-state index contributed by atoms with van der Waals surface area (Å²) in [6.07, 6.45) is 12.0. The lowest BCUT2D eigenvalue weighted by molar-refractivity contribution is -0.0703. The van der Waals surface area contributed by atoms with Crippen LogP contribution in [0.15, 0.2) is 0 Å². The fourth-order valence-corrected chi connectivity index (χ4v) is 5.42. The third-order valence-electron chi connectivity index (χ3n) is 5.99. The number of nitrogens with one attached hydrogen (secondary N) is 1. The largest absolute Gasteiger partial charge is 0.314 e. The van der Waals surface area contributed by atoms with Gasteiger partial charge in [-0.05, 0) is 81.6 Å². The number of unbranched alkanes of at least 4 members (excludes halogenated alkanes) is 1. The molecule has 17 heavy (non-hydrogen) atoms. The molecule has 1 atom stereocenters. The zero-order chi connectivity index (χ0) is 11.9. The molecule has 4 aliphatic rings. The minimum atomic E-state index is 0.697. The van der Waals surface area contributed by atoms with Gasteiger partial charge in [0.1, 0.15) is 0 Å². The van der Waals surface area contributed by atoms with E-state index in [-0.39, 0.29) is 0 Å². The molecule has 0 heterocycles.